The maximum absolute atomic E-state index is 12.2. The first-order valence-corrected chi connectivity index (χ1v) is 9.13. The molecule has 0 spiro atoms. The third-order valence-electron chi connectivity index (χ3n) is 4.76. The van der Waals surface area contributed by atoms with Crippen molar-refractivity contribution in [2.45, 2.75) is 13.3 Å². The van der Waals surface area contributed by atoms with E-state index in [1.807, 2.05) is 37.3 Å². The third-order valence-corrected chi connectivity index (χ3v) is 4.76. The number of nitrogens with two attached hydrogens (primary N) is 1. The highest BCUT2D eigenvalue weighted by molar-refractivity contribution is 5.97. The highest BCUT2D eigenvalue weighted by Gasteiger charge is 2.12. The average molecular weight is 358 g/mol. The van der Waals surface area contributed by atoms with Gasteiger partial charge in [0.1, 0.15) is 5.82 Å². The summed E-state index contributed by atoms with van der Waals surface area (Å²) in [6, 6.07) is 18.2. The molecule has 1 aromatic heterocycles. The smallest absolute Gasteiger partial charge is 0.251 e. The van der Waals surface area contributed by atoms with Crippen LogP contribution < -0.4 is 11.1 Å². The number of hydrogen-bond acceptors (Lipinski definition) is 3. The number of rotatable bonds is 5. The van der Waals surface area contributed by atoms with Gasteiger partial charge >= 0.3 is 0 Å². The van der Waals surface area contributed by atoms with Crippen molar-refractivity contribution in [3.63, 3.8) is 0 Å². The third kappa shape index (κ3) is 3.41. The number of benzene rings is 3. The Hall–Kier alpha value is -3.18. The quantitative estimate of drug-likeness (QED) is 0.475. The Labute approximate surface area is 157 Å². The highest BCUT2D eigenvalue weighted by atomic mass is 16.1. The second kappa shape index (κ2) is 7.21. The molecule has 0 saturated carbocycles. The van der Waals surface area contributed by atoms with Gasteiger partial charge in [0.2, 0.25) is 0 Å². The minimum atomic E-state index is -0.0750. The monoisotopic (exact) mass is 358 g/mol. The van der Waals surface area contributed by atoms with Gasteiger partial charge in [-0.1, -0.05) is 30.3 Å². The van der Waals surface area contributed by atoms with Crippen molar-refractivity contribution < 1.29 is 4.79 Å². The molecule has 0 aliphatic carbocycles. The van der Waals surface area contributed by atoms with Gasteiger partial charge in [0.15, 0.2) is 0 Å². The van der Waals surface area contributed by atoms with Crippen molar-refractivity contribution in [3.05, 3.63) is 65.7 Å². The van der Waals surface area contributed by atoms with E-state index in [2.05, 4.69) is 34.6 Å². The second-order valence-corrected chi connectivity index (χ2v) is 6.73. The van der Waals surface area contributed by atoms with Crippen LogP contribution in [-0.4, -0.2) is 29.0 Å². The van der Waals surface area contributed by atoms with Crippen LogP contribution in [0.1, 0.15) is 22.3 Å². The van der Waals surface area contributed by atoms with Gasteiger partial charge in [0, 0.05) is 17.7 Å². The van der Waals surface area contributed by atoms with Gasteiger partial charge in [0.05, 0.1) is 11.0 Å². The number of nitrogens with zero attached hydrogens (tertiary/aromatic N) is 1. The van der Waals surface area contributed by atoms with Crippen LogP contribution in [0.4, 0.5) is 0 Å². The highest BCUT2D eigenvalue weighted by Crippen LogP contribution is 2.27. The number of aromatic nitrogens is 2. The first-order valence-electron chi connectivity index (χ1n) is 9.13. The minimum Gasteiger partial charge on any atom is -0.352 e. The fourth-order valence-corrected chi connectivity index (χ4v) is 3.30. The topological polar surface area (TPSA) is 83.8 Å². The first kappa shape index (κ1) is 17.2. The van der Waals surface area contributed by atoms with E-state index in [0.29, 0.717) is 18.7 Å². The number of aryl methyl sites for hydroxylation is 1. The van der Waals surface area contributed by atoms with Crippen LogP contribution in [0.2, 0.25) is 0 Å². The zero-order valence-corrected chi connectivity index (χ0v) is 15.3. The van der Waals surface area contributed by atoms with E-state index in [9.17, 15) is 4.79 Å². The van der Waals surface area contributed by atoms with Crippen LogP contribution >= 0.6 is 0 Å². The van der Waals surface area contributed by atoms with E-state index in [-0.39, 0.29) is 5.91 Å². The maximum Gasteiger partial charge on any atom is 0.251 e. The molecule has 0 radical (unpaired) electrons. The predicted molar refractivity (Wildman–Crippen MR) is 110 cm³/mol. The molecule has 0 aliphatic rings. The summed E-state index contributed by atoms with van der Waals surface area (Å²) in [6.45, 7) is 3.16. The van der Waals surface area contributed by atoms with Gasteiger partial charge in [-0.2, -0.15) is 0 Å². The molecular weight excluding hydrogens is 336 g/mol. The number of H-pyrrole nitrogens is 1. The molecular formula is C22H22N4O. The van der Waals surface area contributed by atoms with Crippen LogP contribution in [0.25, 0.3) is 33.2 Å². The van der Waals surface area contributed by atoms with E-state index in [0.717, 1.165) is 34.4 Å². The molecule has 0 fully saturated rings. The van der Waals surface area contributed by atoms with Crippen LogP contribution in [0.15, 0.2) is 54.6 Å². The molecule has 5 heteroatoms. The summed E-state index contributed by atoms with van der Waals surface area (Å²) in [5, 5.41) is 5.24. The summed E-state index contributed by atoms with van der Waals surface area (Å²) in [5.74, 6) is 0.738. The Morgan fingerprint density at radius 2 is 1.89 bits per heavy atom. The van der Waals surface area contributed by atoms with Crippen LogP contribution in [-0.2, 0) is 0 Å². The molecule has 0 bridgehead atoms. The lowest BCUT2D eigenvalue weighted by Crippen LogP contribution is -2.26. The molecule has 5 nitrogen and oxygen atoms in total. The van der Waals surface area contributed by atoms with Gasteiger partial charge in [-0.25, -0.2) is 4.98 Å². The summed E-state index contributed by atoms with van der Waals surface area (Å²) in [7, 11) is 0. The van der Waals surface area contributed by atoms with E-state index < -0.39 is 0 Å². The van der Waals surface area contributed by atoms with Crippen LogP contribution in [0.3, 0.4) is 0 Å². The van der Waals surface area contributed by atoms with Gasteiger partial charge in [0.25, 0.3) is 5.91 Å². The number of amides is 1. The number of fused-ring (bicyclic) bond motifs is 2. The molecule has 0 aliphatic heterocycles. The molecule has 4 N–H and O–H groups in total. The summed E-state index contributed by atoms with van der Waals surface area (Å²) < 4.78 is 0. The Morgan fingerprint density at radius 3 is 2.63 bits per heavy atom. The summed E-state index contributed by atoms with van der Waals surface area (Å²) in [5.41, 5.74) is 10.1. The molecule has 1 heterocycles. The van der Waals surface area contributed by atoms with E-state index in [1.54, 1.807) is 0 Å². The number of nitrogens with one attached hydrogen (secondary N) is 2. The average Bonchev–Trinajstić information content (AvgIpc) is 3.08. The van der Waals surface area contributed by atoms with Gasteiger partial charge in [-0.3, -0.25) is 4.79 Å². The number of imidazole rings is 1. The van der Waals surface area contributed by atoms with Gasteiger partial charge < -0.3 is 16.0 Å². The molecule has 0 unspecified atom stereocenters. The SMILES string of the molecule is Cc1cc(C(=O)NCCCN)ccc1-c1nc2cc3ccccc3cc2[nH]1. The Bertz CT molecular complexity index is 1080. The zero-order chi connectivity index (χ0) is 18.8. The van der Waals surface area contributed by atoms with Crippen LogP contribution in [0.5, 0.6) is 0 Å². The number of hydrogen-bond donors (Lipinski definition) is 3. The molecule has 3 aromatic carbocycles. The normalized spacial score (nSPS) is 11.2. The number of carbonyl (C=O) groups excluding carboxylic acids is 1. The Morgan fingerprint density at radius 1 is 1.11 bits per heavy atom. The largest absolute Gasteiger partial charge is 0.352 e. The van der Waals surface area contributed by atoms with Crippen molar-refractivity contribution >= 4 is 27.7 Å². The number of carbonyl (C=O) groups is 1. The standard InChI is InChI=1S/C22H22N4O/c1-14-11-17(22(27)24-10-4-9-23)7-8-18(14)21-25-19-12-15-5-2-3-6-16(15)13-20(19)26-21/h2-3,5-8,11-13H,4,9-10,23H2,1H3,(H,24,27)(H,25,26). The summed E-state index contributed by atoms with van der Waals surface area (Å²) >= 11 is 0. The van der Waals surface area contributed by atoms with E-state index in [1.165, 1.54) is 10.8 Å². The van der Waals surface area contributed by atoms with Crippen molar-refractivity contribution in [2.75, 3.05) is 13.1 Å². The van der Waals surface area contributed by atoms with E-state index >= 15 is 0 Å². The Kier molecular flexibility index (Phi) is 4.60. The lowest BCUT2D eigenvalue weighted by atomic mass is 10.0. The van der Waals surface area contributed by atoms with Crippen molar-refractivity contribution in [1.29, 1.82) is 0 Å². The molecule has 0 atom stereocenters. The van der Waals surface area contributed by atoms with Crippen molar-refractivity contribution in [2.24, 2.45) is 5.73 Å². The molecule has 0 saturated heterocycles. The van der Waals surface area contributed by atoms with Gasteiger partial charge in [-0.05, 0) is 60.5 Å². The fourth-order valence-electron chi connectivity index (χ4n) is 3.30. The maximum atomic E-state index is 12.2. The summed E-state index contributed by atoms with van der Waals surface area (Å²) in [6.07, 6.45) is 0.774. The second-order valence-electron chi connectivity index (χ2n) is 6.73. The predicted octanol–water partition coefficient (Wildman–Crippen LogP) is 3.77. The zero-order valence-electron chi connectivity index (χ0n) is 15.3. The van der Waals surface area contributed by atoms with Crippen molar-refractivity contribution in [1.82, 2.24) is 15.3 Å². The minimum absolute atomic E-state index is 0.0750. The number of aromatic amines is 1. The molecule has 4 aromatic rings. The lowest BCUT2D eigenvalue weighted by Gasteiger charge is -2.07. The first-order chi connectivity index (χ1) is 13.2. The van der Waals surface area contributed by atoms with E-state index in [4.69, 9.17) is 10.7 Å². The summed E-state index contributed by atoms with van der Waals surface area (Å²) in [4.78, 5) is 20.4. The Balaban J connectivity index is 1.66. The fraction of sp³-hybridized carbons (Fsp3) is 0.182. The lowest BCUT2D eigenvalue weighted by molar-refractivity contribution is 0.0953. The molecule has 4 rings (SSSR count). The molecule has 1 amide bonds. The molecule has 136 valence electrons. The van der Waals surface area contributed by atoms with Crippen LogP contribution in [0, 0.1) is 6.92 Å². The van der Waals surface area contributed by atoms with Crippen molar-refractivity contribution in [3.8, 4) is 11.4 Å². The molecule has 27 heavy (non-hydrogen) atoms. The van der Waals surface area contributed by atoms with Gasteiger partial charge in [-0.15, -0.1) is 0 Å².